The number of halogens is 2. The Bertz CT molecular complexity index is 2520. The van der Waals surface area contributed by atoms with Gasteiger partial charge >= 0.3 is 0 Å². The first-order valence-corrected chi connectivity index (χ1v) is 18.0. The third-order valence-corrected chi connectivity index (χ3v) is 11.1. The van der Waals surface area contributed by atoms with Gasteiger partial charge in [0, 0.05) is 60.1 Å². The van der Waals surface area contributed by atoms with Crippen molar-refractivity contribution < 1.29 is 9.53 Å². The van der Waals surface area contributed by atoms with E-state index in [0.29, 0.717) is 53.7 Å². The topological polar surface area (TPSA) is 114 Å². The van der Waals surface area contributed by atoms with Crippen molar-refractivity contribution in [3.8, 4) is 22.7 Å². The summed E-state index contributed by atoms with van der Waals surface area (Å²) in [5.74, 6) is 1.19. The number of hydrogen-bond donors (Lipinski definition) is 0. The number of nitrogens with zero attached hydrogens (tertiary/aromatic N) is 10. The molecule has 1 amide bonds. The number of pyridine rings is 1. The summed E-state index contributed by atoms with van der Waals surface area (Å²) in [5, 5.41) is 19.1. The quantitative estimate of drug-likeness (QED) is 0.147. The minimum absolute atomic E-state index is 0.102. The Kier molecular flexibility index (Phi) is 8.34. The lowest BCUT2D eigenvalue weighted by molar-refractivity contribution is 0.0957. The molecule has 0 radical (unpaired) electrons. The zero-order valence-electron chi connectivity index (χ0n) is 30.1. The van der Waals surface area contributed by atoms with E-state index >= 15 is 4.79 Å². The molecule has 6 heterocycles. The van der Waals surface area contributed by atoms with E-state index in [1.165, 1.54) is 11.1 Å². The molecule has 0 fully saturated rings. The van der Waals surface area contributed by atoms with Crippen LogP contribution in [0.4, 0.5) is 5.69 Å². The molecule has 5 aromatic heterocycles. The lowest BCUT2D eigenvalue weighted by atomic mass is 9.98. The summed E-state index contributed by atoms with van der Waals surface area (Å²) < 4.78 is 12.3. The molecule has 52 heavy (non-hydrogen) atoms. The molecule has 8 rings (SSSR count). The third kappa shape index (κ3) is 5.35. The van der Waals surface area contributed by atoms with Crippen molar-refractivity contribution in [1.82, 2.24) is 44.1 Å². The SMILES string of the molecule is Cc1cc(OCCCc2c3n(c4c(-c5c(C)nn(C)c5C)c(Cl)ccc24)[C@H](C)CN(c2cn(C)c4ccc(-n5ncnn5)nc24)C3=O)cc(C)c1Cl. The third-order valence-electron chi connectivity index (χ3n) is 10.2. The Morgan fingerprint density at radius 2 is 1.77 bits per heavy atom. The van der Waals surface area contributed by atoms with E-state index < -0.39 is 0 Å². The number of benzene rings is 2. The second-order valence-corrected chi connectivity index (χ2v) is 14.4. The first-order chi connectivity index (χ1) is 24.9. The van der Waals surface area contributed by atoms with E-state index in [4.69, 9.17) is 38.0 Å². The Hall–Kier alpha value is -5.20. The summed E-state index contributed by atoms with van der Waals surface area (Å²) in [6.07, 6.45) is 4.62. The van der Waals surface area contributed by atoms with Gasteiger partial charge in [0.15, 0.2) is 12.1 Å². The molecule has 14 heteroatoms. The number of aromatic nitrogens is 9. The van der Waals surface area contributed by atoms with Crippen molar-refractivity contribution >= 4 is 56.7 Å². The first kappa shape index (κ1) is 33.9. The molecule has 0 bridgehead atoms. The molecule has 0 N–H and O–H groups in total. The Morgan fingerprint density at radius 3 is 2.46 bits per heavy atom. The van der Waals surface area contributed by atoms with E-state index in [2.05, 4.69) is 39.9 Å². The predicted octanol–water partition coefficient (Wildman–Crippen LogP) is 7.68. The van der Waals surface area contributed by atoms with Gasteiger partial charge in [0.1, 0.15) is 17.0 Å². The molecule has 0 aliphatic carbocycles. The van der Waals surface area contributed by atoms with E-state index in [-0.39, 0.29) is 11.9 Å². The number of hydrogen-bond acceptors (Lipinski definition) is 7. The zero-order chi connectivity index (χ0) is 36.6. The largest absolute Gasteiger partial charge is 0.494 e. The molecular weight excluding hydrogens is 699 g/mol. The molecule has 0 spiro atoms. The van der Waals surface area contributed by atoms with Gasteiger partial charge < -0.3 is 18.8 Å². The van der Waals surface area contributed by atoms with Crippen molar-refractivity contribution in [3.05, 3.63) is 92.7 Å². The highest BCUT2D eigenvalue weighted by Crippen LogP contribution is 2.45. The summed E-state index contributed by atoms with van der Waals surface area (Å²) in [5.41, 5.74) is 10.5. The number of ether oxygens (including phenoxy) is 1. The van der Waals surface area contributed by atoms with Crippen LogP contribution < -0.4 is 9.64 Å². The molecule has 266 valence electrons. The average Bonchev–Trinajstić information content (AvgIpc) is 3.89. The minimum atomic E-state index is -0.106. The van der Waals surface area contributed by atoms with Gasteiger partial charge in [0.2, 0.25) is 0 Å². The van der Waals surface area contributed by atoms with Gasteiger partial charge in [-0.15, -0.1) is 15.0 Å². The van der Waals surface area contributed by atoms with Gasteiger partial charge in [-0.05, 0) is 99.7 Å². The molecule has 7 aromatic rings. The van der Waals surface area contributed by atoms with E-state index in [0.717, 1.165) is 66.4 Å². The molecule has 1 aliphatic rings. The second kappa shape index (κ2) is 12.8. The van der Waals surface area contributed by atoms with Crippen LogP contribution in [0.1, 0.15) is 58.0 Å². The van der Waals surface area contributed by atoms with Crippen molar-refractivity contribution in [3.63, 3.8) is 0 Å². The summed E-state index contributed by atoms with van der Waals surface area (Å²) in [7, 11) is 3.90. The van der Waals surface area contributed by atoms with Crippen LogP contribution in [0.3, 0.4) is 0 Å². The number of anilines is 1. The van der Waals surface area contributed by atoms with Gasteiger partial charge in [-0.3, -0.25) is 9.48 Å². The van der Waals surface area contributed by atoms with Crippen LogP contribution in [-0.4, -0.2) is 63.2 Å². The number of carbonyl (C=O) groups excluding carboxylic acids is 1. The standard InChI is InChI=1S/C38H38Cl2N10O2/c1-20-15-25(16-21(2)34(20)40)52-14-8-9-26-27-10-11-28(39)33(32-23(4)44-47(7)24(32)5)36(27)49-22(3)17-48(38(51)37(26)49)30-18-46(6)29-12-13-31(43-35(29)30)50-42-19-41-45-50/h10-13,15-16,18-19,22H,8-9,14,17H2,1-7H3/t22-/m1/s1. The first-order valence-electron chi connectivity index (χ1n) is 17.2. The maximum atomic E-state index is 15.1. The number of aryl methyl sites for hydroxylation is 6. The van der Waals surface area contributed by atoms with Crippen LogP contribution in [0.15, 0.2) is 48.9 Å². The van der Waals surface area contributed by atoms with Crippen molar-refractivity contribution in [1.29, 1.82) is 0 Å². The van der Waals surface area contributed by atoms with Gasteiger partial charge in [-0.25, -0.2) is 4.98 Å². The molecule has 0 saturated heterocycles. The van der Waals surface area contributed by atoms with Crippen LogP contribution in [0, 0.1) is 27.7 Å². The Balaban J connectivity index is 1.26. The van der Waals surface area contributed by atoms with Crippen molar-refractivity contribution in [2.24, 2.45) is 14.1 Å². The van der Waals surface area contributed by atoms with Crippen LogP contribution >= 0.6 is 23.2 Å². The molecular formula is C38H38Cl2N10O2. The number of carbonyl (C=O) groups is 1. The number of fused-ring (bicyclic) bond motifs is 4. The molecule has 1 atom stereocenters. The van der Waals surface area contributed by atoms with Crippen molar-refractivity contribution in [2.45, 2.75) is 53.5 Å². The highest BCUT2D eigenvalue weighted by atomic mass is 35.5. The smallest absolute Gasteiger partial charge is 0.275 e. The van der Waals surface area contributed by atoms with Crippen LogP contribution in [0.5, 0.6) is 5.75 Å². The Labute approximate surface area is 310 Å². The van der Waals surface area contributed by atoms with Crippen LogP contribution in [0.2, 0.25) is 10.0 Å². The van der Waals surface area contributed by atoms with E-state index in [1.54, 1.807) is 0 Å². The number of tetrazole rings is 1. The van der Waals surface area contributed by atoms with Crippen LogP contribution in [-0.2, 0) is 20.5 Å². The molecule has 0 unspecified atom stereocenters. The van der Waals surface area contributed by atoms with Gasteiger partial charge in [0.25, 0.3) is 5.91 Å². The second-order valence-electron chi connectivity index (χ2n) is 13.7. The zero-order valence-corrected chi connectivity index (χ0v) is 31.6. The average molecular weight is 738 g/mol. The van der Waals surface area contributed by atoms with E-state index in [1.807, 2.05) is 85.5 Å². The monoisotopic (exact) mass is 736 g/mol. The lowest BCUT2D eigenvalue weighted by Gasteiger charge is -2.34. The van der Waals surface area contributed by atoms with Crippen LogP contribution in [0.25, 0.3) is 38.9 Å². The fourth-order valence-corrected chi connectivity index (χ4v) is 8.10. The Morgan fingerprint density at radius 1 is 1.00 bits per heavy atom. The number of amides is 1. The van der Waals surface area contributed by atoms with Gasteiger partial charge in [-0.2, -0.15) is 5.10 Å². The van der Waals surface area contributed by atoms with E-state index in [9.17, 15) is 0 Å². The molecule has 1 aliphatic heterocycles. The van der Waals surface area contributed by atoms with Gasteiger partial charge in [0.05, 0.1) is 34.0 Å². The normalized spacial score (nSPS) is 14.6. The lowest BCUT2D eigenvalue weighted by Crippen LogP contribution is -2.42. The predicted molar refractivity (Wildman–Crippen MR) is 203 cm³/mol. The molecule has 12 nitrogen and oxygen atoms in total. The fraction of sp³-hybridized carbons (Fsp3) is 0.316. The van der Waals surface area contributed by atoms with Gasteiger partial charge in [-0.1, -0.05) is 29.3 Å². The minimum Gasteiger partial charge on any atom is -0.494 e. The molecule has 2 aromatic carbocycles. The maximum Gasteiger partial charge on any atom is 0.275 e. The molecule has 0 saturated carbocycles. The number of rotatable bonds is 8. The van der Waals surface area contributed by atoms with Crippen molar-refractivity contribution in [2.75, 3.05) is 18.1 Å². The summed E-state index contributed by atoms with van der Waals surface area (Å²) in [6, 6.07) is 11.6. The highest BCUT2D eigenvalue weighted by molar-refractivity contribution is 6.35. The summed E-state index contributed by atoms with van der Waals surface area (Å²) in [6.45, 7) is 11.1. The summed E-state index contributed by atoms with van der Waals surface area (Å²) in [4.78, 5) is 23.2. The summed E-state index contributed by atoms with van der Waals surface area (Å²) >= 11 is 13.5. The maximum absolute atomic E-state index is 15.1. The highest BCUT2D eigenvalue weighted by Gasteiger charge is 2.38. The fourth-order valence-electron chi connectivity index (χ4n) is 7.75.